The van der Waals surface area contributed by atoms with Crippen molar-refractivity contribution in [3.63, 3.8) is 0 Å². The van der Waals surface area contributed by atoms with Crippen molar-refractivity contribution >= 4 is 29.3 Å². The van der Waals surface area contributed by atoms with Crippen LogP contribution in [0.4, 0.5) is 10.5 Å². The summed E-state index contributed by atoms with van der Waals surface area (Å²) >= 11 is 5.69. The van der Waals surface area contributed by atoms with Gasteiger partial charge in [-0.2, -0.15) is 0 Å². The molecule has 0 saturated heterocycles. The number of carbonyl (C=O) groups is 2. The van der Waals surface area contributed by atoms with E-state index in [0.29, 0.717) is 10.7 Å². The van der Waals surface area contributed by atoms with Gasteiger partial charge in [0.25, 0.3) is 0 Å². The van der Waals surface area contributed by atoms with Crippen molar-refractivity contribution in [2.24, 2.45) is 0 Å². The van der Waals surface area contributed by atoms with Gasteiger partial charge in [-0.3, -0.25) is 0 Å². The Kier molecular flexibility index (Phi) is 3.96. The highest BCUT2D eigenvalue weighted by molar-refractivity contribution is 6.30. The van der Waals surface area contributed by atoms with Gasteiger partial charge in [0.05, 0.1) is 0 Å². The third-order valence-corrected chi connectivity index (χ3v) is 2.31. The van der Waals surface area contributed by atoms with Crippen LogP contribution in [0.2, 0.25) is 5.02 Å². The molecule has 92 valence electrons. The number of amides is 2. The van der Waals surface area contributed by atoms with Gasteiger partial charge in [-0.1, -0.05) is 11.6 Å². The molecule has 0 unspecified atom stereocenters. The number of rotatable bonds is 3. The van der Waals surface area contributed by atoms with E-state index in [1.807, 2.05) is 0 Å². The molecule has 0 aliphatic rings. The Balaban J connectivity index is 2.62. The average Bonchev–Trinajstić information content (AvgIpc) is 2.20. The van der Waals surface area contributed by atoms with E-state index in [9.17, 15) is 9.59 Å². The van der Waals surface area contributed by atoms with Gasteiger partial charge in [0, 0.05) is 10.7 Å². The first-order chi connectivity index (χ1) is 7.81. The average molecular weight is 257 g/mol. The summed E-state index contributed by atoms with van der Waals surface area (Å²) in [6.07, 6.45) is 0. The third-order valence-electron chi connectivity index (χ3n) is 2.06. The molecule has 0 saturated carbocycles. The smallest absolute Gasteiger partial charge is 0.328 e. The van der Waals surface area contributed by atoms with Gasteiger partial charge in [0.15, 0.2) is 0 Å². The van der Waals surface area contributed by atoms with E-state index in [1.165, 1.54) is 13.8 Å². The van der Waals surface area contributed by atoms with Crippen molar-refractivity contribution in [1.82, 2.24) is 5.32 Å². The van der Waals surface area contributed by atoms with E-state index in [2.05, 4.69) is 10.6 Å². The second-order valence-corrected chi connectivity index (χ2v) is 4.45. The number of hydrogen-bond acceptors (Lipinski definition) is 2. The Morgan fingerprint density at radius 1 is 1.24 bits per heavy atom. The highest BCUT2D eigenvalue weighted by Crippen LogP contribution is 2.13. The fourth-order valence-corrected chi connectivity index (χ4v) is 1.16. The molecule has 1 aromatic carbocycles. The maximum atomic E-state index is 11.5. The molecule has 0 spiro atoms. The van der Waals surface area contributed by atoms with Gasteiger partial charge in [0.2, 0.25) is 0 Å². The van der Waals surface area contributed by atoms with Crippen LogP contribution in [-0.4, -0.2) is 22.6 Å². The minimum atomic E-state index is -1.32. The summed E-state index contributed by atoms with van der Waals surface area (Å²) in [4.78, 5) is 22.3. The minimum Gasteiger partial charge on any atom is -0.480 e. The number of benzene rings is 1. The lowest BCUT2D eigenvalue weighted by Gasteiger charge is -2.21. The van der Waals surface area contributed by atoms with E-state index >= 15 is 0 Å². The van der Waals surface area contributed by atoms with Gasteiger partial charge in [-0.15, -0.1) is 0 Å². The molecule has 0 bridgehead atoms. The fourth-order valence-electron chi connectivity index (χ4n) is 1.03. The molecule has 3 N–H and O–H groups in total. The number of hydrogen-bond donors (Lipinski definition) is 3. The number of anilines is 1. The van der Waals surface area contributed by atoms with Gasteiger partial charge < -0.3 is 15.7 Å². The zero-order valence-corrected chi connectivity index (χ0v) is 10.2. The van der Waals surface area contributed by atoms with E-state index in [4.69, 9.17) is 16.7 Å². The van der Waals surface area contributed by atoms with Crippen LogP contribution < -0.4 is 10.6 Å². The molecule has 0 radical (unpaired) electrons. The van der Waals surface area contributed by atoms with E-state index in [0.717, 1.165) is 0 Å². The van der Waals surface area contributed by atoms with Crippen molar-refractivity contribution < 1.29 is 14.7 Å². The minimum absolute atomic E-state index is 0.535. The second-order valence-electron chi connectivity index (χ2n) is 4.02. The molecule has 0 heterocycles. The predicted molar refractivity (Wildman–Crippen MR) is 65.3 cm³/mol. The summed E-state index contributed by atoms with van der Waals surface area (Å²) in [6.45, 7) is 2.80. The number of nitrogens with one attached hydrogen (secondary N) is 2. The van der Waals surface area contributed by atoms with Gasteiger partial charge in [-0.05, 0) is 38.1 Å². The number of halogens is 1. The number of carboxylic acid groups (broad SMARTS) is 1. The van der Waals surface area contributed by atoms with Crippen molar-refractivity contribution in [3.05, 3.63) is 29.3 Å². The summed E-state index contributed by atoms with van der Waals surface area (Å²) in [5.74, 6) is -1.11. The maximum absolute atomic E-state index is 11.5. The quantitative estimate of drug-likeness (QED) is 0.777. The van der Waals surface area contributed by atoms with Crippen molar-refractivity contribution in [3.8, 4) is 0 Å². The third kappa shape index (κ3) is 3.96. The monoisotopic (exact) mass is 256 g/mol. The van der Waals surface area contributed by atoms with Crippen LogP contribution in [-0.2, 0) is 4.79 Å². The molecule has 1 rings (SSSR count). The summed E-state index contributed by atoms with van der Waals surface area (Å²) in [5, 5.41) is 14.2. The zero-order chi connectivity index (χ0) is 13.1. The van der Waals surface area contributed by atoms with Crippen LogP contribution in [0.15, 0.2) is 24.3 Å². The Morgan fingerprint density at radius 2 is 1.76 bits per heavy atom. The van der Waals surface area contributed by atoms with Crippen molar-refractivity contribution in [2.75, 3.05) is 5.32 Å². The lowest BCUT2D eigenvalue weighted by molar-refractivity contribution is -0.142. The fraction of sp³-hybridized carbons (Fsp3) is 0.273. The molecule has 6 heteroatoms. The van der Waals surface area contributed by atoms with Gasteiger partial charge in [0.1, 0.15) is 5.54 Å². The molecule has 2 amide bonds. The van der Waals surface area contributed by atoms with Crippen LogP contribution in [0.25, 0.3) is 0 Å². The molecule has 17 heavy (non-hydrogen) atoms. The molecular weight excluding hydrogens is 244 g/mol. The summed E-state index contributed by atoms with van der Waals surface area (Å²) < 4.78 is 0. The van der Waals surface area contributed by atoms with Crippen LogP contribution in [0.5, 0.6) is 0 Å². The normalized spacial score (nSPS) is 10.8. The van der Waals surface area contributed by atoms with Crippen molar-refractivity contribution in [2.45, 2.75) is 19.4 Å². The number of aliphatic carboxylic acids is 1. The first-order valence-electron chi connectivity index (χ1n) is 4.89. The van der Waals surface area contributed by atoms with Crippen LogP contribution in [0.1, 0.15) is 13.8 Å². The number of urea groups is 1. The van der Waals surface area contributed by atoms with E-state index in [-0.39, 0.29) is 0 Å². The first-order valence-corrected chi connectivity index (χ1v) is 5.27. The predicted octanol–water partition coefficient (Wildman–Crippen LogP) is 2.32. The molecular formula is C11H13ClN2O3. The maximum Gasteiger partial charge on any atom is 0.328 e. The number of carboxylic acids is 1. The largest absolute Gasteiger partial charge is 0.480 e. The zero-order valence-electron chi connectivity index (χ0n) is 9.45. The van der Waals surface area contributed by atoms with Crippen molar-refractivity contribution in [1.29, 1.82) is 0 Å². The molecule has 0 aromatic heterocycles. The van der Waals surface area contributed by atoms with E-state index < -0.39 is 17.5 Å². The van der Waals surface area contributed by atoms with Gasteiger partial charge >= 0.3 is 12.0 Å². The van der Waals surface area contributed by atoms with Crippen LogP contribution in [0, 0.1) is 0 Å². The molecule has 0 fully saturated rings. The lowest BCUT2D eigenvalue weighted by atomic mass is 10.1. The lowest BCUT2D eigenvalue weighted by Crippen LogP contribution is -2.51. The SMILES string of the molecule is CC(C)(NC(=O)Nc1ccc(Cl)cc1)C(=O)O. The van der Waals surface area contributed by atoms with Crippen LogP contribution >= 0.6 is 11.6 Å². The standard InChI is InChI=1S/C11H13ClN2O3/c1-11(2,9(15)16)14-10(17)13-8-5-3-7(12)4-6-8/h3-6H,1-2H3,(H,15,16)(H2,13,14,17). The highest BCUT2D eigenvalue weighted by atomic mass is 35.5. The highest BCUT2D eigenvalue weighted by Gasteiger charge is 2.28. The Bertz CT molecular complexity index is 429. The molecule has 5 nitrogen and oxygen atoms in total. The summed E-state index contributed by atoms with van der Waals surface area (Å²) in [7, 11) is 0. The first kappa shape index (κ1) is 13.3. The Morgan fingerprint density at radius 3 is 2.24 bits per heavy atom. The molecule has 0 aliphatic heterocycles. The van der Waals surface area contributed by atoms with Gasteiger partial charge in [-0.25, -0.2) is 9.59 Å². The Labute approximate surface area is 104 Å². The Hall–Kier alpha value is -1.75. The summed E-state index contributed by atoms with van der Waals surface area (Å²) in [6, 6.07) is 5.91. The van der Waals surface area contributed by atoms with E-state index in [1.54, 1.807) is 24.3 Å². The molecule has 0 aliphatic carbocycles. The van der Waals surface area contributed by atoms with Crippen LogP contribution in [0.3, 0.4) is 0 Å². The molecule has 1 aromatic rings. The number of carbonyl (C=O) groups excluding carboxylic acids is 1. The summed E-state index contributed by atoms with van der Waals surface area (Å²) in [5.41, 5.74) is -0.788. The second kappa shape index (κ2) is 5.05. The topological polar surface area (TPSA) is 78.4 Å². The molecule has 0 atom stereocenters.